The van der Waals surface area contributed by atoms with E-state index in [1.807, 2.05) is 48.7 Å². The molecule has 55 heavy (non-hydrogen) atoms. The number of fused-ring (bicyclic) bond motifs is 3. The number of rotatable bonds is 10. The SMILES string of the molecule is CN1C(=O)[C@H](CCCCN)CC(=O)[C@H](CCCN)NCc2cccnc2Sc2c(Cl)cc(C3=CCOCC3)cc2CNC(=O)[C@@H]1Cc1c[nH]c2ccccc12. The summed E-state index contributed by atoms with van der Waals surface area (Å²) in [6.07, 6.45) is 9.84. The van der Waals surface area contributed by atoms with Crippen molar-refractivity contribution in [2.75, 3.05) is 33.4 Å². The van der Waals surface area contributed by atoms with E-state index in [2.05, 4.69) is 27.8 Å². The molecule has 7 N–H and O–H groups in total. The van der Waals surface area contributed by atoms with Gasteiger partial charge in [-0.15, -0.1) is 0 Å². The number of likely N-dealkylation sites (N-methyl/N-ethyl adjacent to an activating group) is 1. The van der Waals surface area contributed by atoms with E-state index >= 15 is 0 Å². The second-order valence-electron chi connectivity index (χ2n) is 14.3. The largest absolute Gasteiger partial charge is 0.377 e. The molecular weight excluding hydrogens is 734 g/mol. The normalized spacial score (nSPS) is 20.4. The summed E-state index contributed by atoms with van der Waals surface area (Å²) in [6, 6.07) is 14.4. The van der Waals surface area contributed by atoms with Gasteiger partial charge in [-0.25, -0.2) is 4.98 Å². The van der Waals surface area contributed by atoms with Crippen LogP contribution in [0.25, 0.3) is 16.5 Å². The third-order valence-corrected chi connectivity index (χ3v) is 12.2. The van der Waals surface area contributed by atoms with Crippen molar-refractivity contribution < 1.29 is 19.1 Å². The van der Waals surface area contributed by atoms with E-state index in [0.29, 0.717) is 63.6 Å². The Morgan fingerprint density at radius 2 is 1.84 bits per heavy atom. The first kappa shape index (κ1) is 40.6. The molecule has 0 radical (unpaired) electrons. The molecular formula is C42H52ClN7O4S. The zero-order valence-corrected chi connectivity index (χ0v) is 33.0. The number of carbonyl (C=O) groups excluding carboxylic acids is 3. The van der Waals surface area contributed by atoms with E-state index in [4.69, 9.17) is 32.8 Å². The first-order valence-electron chi connectivity index (χ1n) is 19.2. The van der Waals surface area contributed by atoms with E-state index in [0.717, 1.165) is 61.5 Å². The number of nitrogens with one attached hydrogen (secondary N) is 3. The fourth-order valence-corrected chi connectivity index (χ4v) is 8.79. The topological polar surface area (TPSA) is 168 Å². The Kier molecular flexibility index (Phi) is 14.6. The van der Waals surface area contributed by atoms with Gasteiger partial charge in [0, 0.05) is 67.1 Å². The Bertz CT molecular complexity index is 2000. The van der Waals surface area contributed by atoms with Gasteiger partial charge in [-0.3, -0.25) is 14.4 Å². The van der Waals surface area contributed by atoms with Gasteiger partial charge in [0.1, 0.15) is 11.1 Å². The molecule has 0 aliphatic carbocycles. The molecule has 292 valence electrons. The zero-order valence-electron chi connectivity index (χ0n) is 31.5. The molecule has 0 saturated heterocycles. The molecule has 0 spiro atoms. The predicted molar refractivity (Wildman–Crippen MR) is 219 cm³/mol. The van der Waals surface area contributed by atoms with Crippen LogP contribution >= 0.6 is 23.4 Å². The number of Topliss-reactive ketones (excluding diaryl/α,β-unsaturated/α-hetero) is 1. The fraction of sp³-hybridized carbons (Fsp3) is 0.429. The van der Waals surface area contributed by atoms with Crippen LogP contribution in [0.4, 0.5) is 0 Å². The first-order valence-corrected chi connectivity index (χ1v) is 20.4. The molecule has 13 heteroatoms. The number of nitrogens with zero attached hydrogens (tertiary/aromatic N) is 2. The maximum Gasteiger partial charge on any atom is 0.243 e. The number of aromatic amines is 1. The van der Waals surface area contributed by atoms with Crippen molar-refractivity contribution in [3.63, 3.8) is 0 Å². The van der Waals surface area contributed by atoms with Gasteiger partial charge in [-0.1, -0.05) is 60.1 Å². The van der Waals surface area contributed by atoms with Crippen LogP contribution < -0.4 is 22.1 Å². The van der Waals surface area contributed by atoms with Gasteiger partial charge >= 0.3 is 0 Å². The molecule has 4 aromatic rings. The third-order valence-electron chi connectivity index (χ3n) is 10.6. The molecule has 2 amide bonds. The molecule has 2 aromatic heterocycles. The van der Waals surface area contributed by atoms with Crippen LogP contribution in [0.5, 0.6) is 0 Å². The average Bonchev–Trinajstić information content (AvgIpc) is 3.62. The highest BCUT2D eigenvalue weighted by atomic mass is 35.5. The number of hydrogen-bond donors (Lipinski definition) is 5. The molecule has 6 rings (SSSR count). The van der Waals surface area contributed by atoms with E-state index < -0.39 is 18.0 Å². The average molecular weight is 786 g/mol. The second-order valence-corrected chi connectivity index (χ2v) is 15.7. The molecule has 0 unspecified atom stereocenters. The molecule has 3 atom stereocenters. The maximum atomic E-state index is 14.6. The number of carbonyl (C=O) groups is 3. The van der Waals surface area contributed by atoms with Crippen molar-refractivity contribution in [3.8, 4) is 0 Å². The zero-order chi connectivity index (χ0) is 38.7. The Morgan fingerprint density at radius 3 is 2.64 bits per heavy atom. The fourth-order valence-electron chi connectivity index (χ4n) is 7.44. The number of ketones is 1. The maximum absolute atomic E-state index is 14.6. The predicted octanol–water partition coefficient (Wildman–Crippen LogP) is 5.77. The molecule has 2 aliphatic heterocycles. The standard InChI is InChI=1S/C42H52ClN7O4S/c1-50-37(22-31-25-47-35-11-3-2-10-33(31)35)40(52)49-26-32-20-30(27-13-18-54-19-14-27)21-34(43)39(32)55-41-29(9-7-17-46-41)24-48-36(12-6-16-45)38(51)23-28(42(50)53)8-4-5-15-44/h2-3,7,9-11,13,17,20-21,25,28,36-37,47-48H,4-6,8,12,14-16,18-19,22-24,26,44-45H2,1H3,(H,49,52)/t28-,36+,37+/m1/s1. The number of ether oxygens (including phenoxy) is 1. The van der Waals surface area contributed by atoms with Crippen LogP contribution in [0.2, 0.25) is 5.02 Å². The minimum absolute atomic E-state index is 0.0385. The summed E-state index contributed by atoms with van der Waals surface area (Å²) in [7, 11) is 1.68. The minimum atomic E-state index is -0.865. The van der Waals surface area contributed by atoms with E-state index in [-0.39, 0.29) is 37.0 Å². The molecule has 0 fully saturated rings. The summed E-state index contributed by atoms with van der Waals surface area (Å²) >= 11 is 8.56. The number of nitrogens with two attached hydrogens (primary N) is 2. The highest BCUT2D eigenvalue weighted by Gasteiger charge is 2.34. The van der Waals surface area contributed by atoms with Crippen LogP contribution in [0.3, 0.4) is 0 Å². The van der Waals surface area contributed by atoms with Crippen LogP contribution in [0, 0.1) is 5.92 Å². The minimum Gasteiger partial charge on any atom is -0.377 e. The van der Waals surface area contributed by atoms with Crippen molar-refractivity contribution in [2.45, 2.75) is 86.5 Å². The number of unbranched alkanes of at least 4 members (excludes halogenated alkanes) is 1. The van der Waals surface area contributed by atoms with Gasteiger partial charge in [0.15, 0.2) is 5.78 Å². The lowest BCUT2D eigenvalue weighted by molar-refractivity contribution is -0.143. The van der Waals surface area contributed by atoms with Gasteiger partial charge in [0.2, 0.25) is 11.8 Å². The van der Waals surface area contributed by atoms with Crippen molar-refractivity contribution >= 4 is 57.4 Å². The smallest absolute Gasteiger partial charge is 0.243 e. The number of pyridine rings is 1. The monoisotopic (exact) mass is 785 g/mol. The van der Waals surface area contributed by atoms with Crippen LogP contribution in [0.15, 0.2) is 76.9 Å². The van der Waals surface area contributed by atoms with E-state index in [9.17, 15) is 14.4 Å². The summed E-state index contributed by atoms with van der Waals surface area (Å²) in [4.78, 5) is 53.7. The van der Waals surface area contributed by atoms with Crippen molar-refractivity contribution in [3.05, 3.63) is 94.3 Å². The van der Waals surface area contributed by atoms with Crippen LogP contribution in [0.1, 0.15) is 67.2 Å². The lowest BCUT2D eigenvalue weighted by Crippen LogP contribution is -2.51. The van der Waals surface area contributed by atoms with Gasteiger partial charge in [0.25, 0.3) is 0 Å². The molecule has 0 bridgehead atoms. The molecule has 4 heterocycles. The highest BCUT2D eigenvalue weighted by molar-refractivity contribution is 7.99. The number of amides is 2. The van der Waals surface area contributed by atoms with Crippen molar-refractivity contribution in [2.24, 2.45) is 17.4 Å². The van der Waals surface area contributed by atoms with Gasteiger partial charge in [0.05, 0.1) is 24.3 Å². The second kappa shape index (κ2) is 19.7. The lowest BCUT2D eigenvalue weighted by atomic mass is 9.90. The summed E-state index contributed by atoms with van der Waals surface area (Å²) in [5.74, 6) is -1.23. The summed E-state index contributed by atoms with van der Waals surface area (Å²) in [5.41, 5.74) is 17.5. The Balaban J connectivity index is 1.43. The Hall–Kier alpha value is -4.04. The number of H-pyrrole nitrogens is 1. The van der Waals surface area contributed by atoms with Gasteiger partial charge in [-0.05, 0) is 97.3 Å². The highest BCUT2D eigenvalue weighted by Crippen LogP contribution is 2.39. The van der Waals surface area contributed by atoms with Crippen LogP contribution in [-0.2, 0) is 38.6 Å². The quantitative estimate of drug-likeness (QED) is 0.125. The Labute approximate surface area is 332 Å². The Morgan fingerprint density at radius 1 is 1.00 bits per heavy atom. The molecule has 2 aromatic carbocycles. The summed E-state index contributed by atoms with van der Waals surface area (Å²) in [6.45, 7) is 2.62. The van der Waals surface area contributed by atoms with Gasteiger partial charge < -0.3 is 36.7 Å². The number of aromatic nitrogens is 2. The number of para-hydroxylation sites is 1. The first-order chi connectivity index (χ1) is 26.8. The molecule has 11 nitrogen and oxygen atoms in total. The lowest BCUT2D eigenvalue weighted by Gasteiger charge is -2.31. The van der Waals surface area contributed by atoms with Gasteiger partial charge in [-0.2, -0.15) is 0 Å². The van der Waals surface area contributed by atoms with Crippen molar-refractivity contribution in [1.82, 2.24) is 25.5 Å². The van der Waals surface area contributed by atoms with E-state index in [1.54, 1.807) is 18.1 Å². The number of halogens is 1. The third kappa shape index (κ3) is 10.2. The number of benzene rings is 2. The van der Waals surface area contributed by atoms with E-state index in [1.165, 1.54) is 11.8 Å². The molecule has 2 aliphatic rings. The number of hydrogen-bond acceptors (Lipinski definition) is 9. The summed E-state index contributed by atoms with van der Waals surface area (Å²) < 4.78 is 5.58. The van der Waals surface area contributed by atoms with Crippen LogP contribution in [-0.4, -0.2) is 77.9 Å². The summed E-state index contributed by atoms with van der Waals surface area (Å²) in [5, 5.41) is 8.96. The molecule has 0 saturated carbocycles. The van der Waals surface area contributed by atoms with Crippen molar-refractivity contribution in [1.29, 1.82) is 0 Å².